The number of fused-ring (bicyclic) bond motifs is 2. The molecule has 0 unspecified atom stereocenters. The molecule has 0 saturated carbocycles. The Bertz CT molecular complexity index is 878. The van der Waals surface area contributed by atoms with E-state index in [1.807, 2.05) is 31.2 Å². The largest absolute Gasteiger partial charge is 0.488 e. The molecule has 1 amide bonds. The second-order valence-corrected chi connectivity index (χ2v) is 5.87. The van der Waals surface area contributed by atoms with E-state index in [9.17, 15) is 4.79 Å². The third-order valence-electron chi connectivity index (χ3n) is 4.28. The lowest BCUT2D eigenvalue weighted by atomic mass is 10.1. The summed E-state index contributed by atoms with van der Waals surface area (Å²) >= 11 is 0. The summed E-state index contributed by atoms with van der Waals surface area (Å²) < 4.78 is 7.65. The molecule has 0 spiro atoms. The zero-order valence-corrected chi connectivity index (χ0v) is 13.4. The van der Waals surface area contributed by atoms with E-state index in [-0.39, 0.29) is 12.0 Å². The number of hydrogen-bond donors (Lipinski definition) is 1. The number of amides is 1. The molecule has 2 aromatic carbocycles. The highest BCUT2D eigenvalue weighted by Crippen LogP contribution is 2.27. The maximum Gasteiger partial charge on any atom is 0.251 e. The van der Waals surface area contributed by atoms with E-state index < -0.39 is 0 Å². The van der Waals surface area contributed by atoms with Crippen LogP contribution in [0.3, 0.4) is 0 Å². The highest BCUT2D eigenvalue weighted by atomic mass is 16.5. The smallest absolute Gasteiger partial charge is 0.251 e. The minimum Gasteiger partial charge on any atom is -0.488 e. The number of benzene rings is 2. The third kappa shape index (κ3) is 2.60. The van der Waals surface area contributed by atoms with Gasteiger partial charge in [-0.15, -0.1) is 5.10 Å². The average molecular weight is 322 g/mol. The molecule has 0 radical (unpaired) electrons. The lowest BCUT2D eigenvalue weighted by Crippen LogP contribution is -2.34. The van der Waals surface area contributed by atoms with Gasteiger partial charge in [-0.25, -0.2) is 4.68 Å². The SMILES string of the molecule is CCn1nnc2cc(C(=O)NC[C@H]3Cc4ccccc4O3)ccc21. The van der Waals surface area contributed by atoms with Crippen LogP contribution in [0.2, 0.25) is 0 Å². The van der Waals surface area contributed by atoms with Crippen LogP contribution in [0.15, 0.2) is 42.5 Å². The Hall–Kier alpha value is -2.89. The van der Waals surface area contributed by atoms with Crippen LogP contribution in [0, 0.1) is 0 Å². The molecule has 122 valence electrons. The Morgan fingerprint density at radius 1 is 1.33 bits per heavy atom. The van der Waals surface area contributed by atoms with Crippen molar-refractivity contribution in [2.24, 2.45) is 0 Å². The zero-order valence-electron chi connectivity index (χ0n) is 13.4. The summed E-state index contributed by atoms with van der Waals surface area (Å²) in [6.07, 6.45) is 0.802. The summed E-state index contributed by atoms with van der Waals surface area (Å²) in [6.45, 7) is 3.24. The van der Waals surface area contributed by atoms with Gasteiger partial charge in [-0.2, -0.15) is 0 Å². The van der Waals surface area contributed by atoms with Crippen molar-refractivity contribution in [1.29, 1.82) is 0 Å². The van der Waals surface area contributed by atoms with Crippen LogP contribution in [0.1, 0.15) is 22.8 Å². The maximum absolute atomic E-state index is 12.4. The molecule has 24 heavy (non-hydrogen) atoms. The molecule has 1 aliphatic heterocycles. The molecular formula is C18H18N4O2. The Kier molecular flexibility index (Phi) is 3.65. The molecule has 1 aromatic heterocycles. The molecule has 6 heteroatoms. The van der Waals surface area contributed by atoms with Crippen LogP contribution in [-0.4, -0.2) is 33.5 Å². The topological polar surface area (TPSA) is 69.0 Å². The number of carbonyl (C=O) groups is 1. The van der Waals surface area contributed by atoms with Gasteiger partial charge in [0, 0.05) is 18.5 Å². The number of hydrogen-bond acceptors (Lipinski definition) is 4. The lowest BCUT2D eigenvalue weighted by Gasteiger charge is -2.12. The van der Waals surface area contributed by atoms with Crippen LogP contribution in [-0.2, 0) is 13.0 Å². The number of nitrogens with zero attached hydrogens (tertiary/aromatic N) is 3. The molecule has 0 fully saturated rings. The molecule has 6 nitrogen and oxygen atoms in total. The first-order valence-electron chi connectivity index (χ1n) is 8.10. The molecule has 4 rings (SSSR count). The van der Waals surface area contributed by atoms with E-state index in [1.165, 1.54) is 5.56 Å². The average Bonchev–Trinajstić information content (AvgIpc) is 3.22. The van der Waals surface area contributed by atoms with Gasteiger partial charge in [0.1, 0.15) is 17.4 Å². The molecule has 1 aliphatic rings. The second kappa shape index (κ2) is 5.96. The van der Waals surface area contributed by atoms with Crippen molar-refractivity contribution in [2.45, 2.75) is 26.0 Å². The van der Waals surface area contributed by atoms with E-state index in [0.29, 0.717) is 12.1 Å². The quantitative estimate of drug-likeness (QED) is 0.799. The molecular weight excluding hydrogens is 304 g/mol. The van der Waals surface area contributed by atoms with Crippen LogP contribution in [0.25, 0.3) is 11.0 Å². The number of aromatic nitrogens is 3. The van der Waals surface area contributed by atoms with E-state index in [1.54, 1.807) is 16.8 Å². The van der Waals surface area contributed by atoms with Crippen molar-refractivity contribution >= 4 is 16.9 Å². The predicted molar refractivity (Wildman–Crippen MR) is 90.1 cm³/mol. The Morgan fingerprint density at radius 2 is 2.21 bits per heavy atom. The van der Waals surface area contributed by atoms with Gasteiger partial charge in [0.15, 0.2) is 0 Å². The molecule has 2 heterocycles. The number of carbonyl (C=O) groups excluding carboxylic acids is 1. The van der Waals surface area contributed by atoms with Crippen molar-refractivity contribution < 1.29 is 9.53 Å². The number of nitrogens with one attached hydrogen (secondary N) is 1. The van der Waals surface area contributed by atoms with Gasteiger partial charge in [0.2, 0.25) is 0 Å². The first-order chi connectivity index (χ1) is 11.7. The summed E-state index contributed by atoms with van der Waals surface area (Å²) in [4.78, 5) is 12.4. The highest BCUT2D eigenvalue weighted by Gasteiger charge is 2.22. The van der Waals surface area contributed by atoms with Crippen LogP contribution in [0.5, 0.6) is 5.75 Å². The monoisotopic (exact) mass is 322 g/mol. The van der Waals surface area contributed by atoms with Gasteiger partial charge in [-0.1, -0.05) is 23.4 Å². The molecule has 3 aromatic rings. The number of rotatable bonds is 4. The standard InChI is InChI=1S/C18H18N4O2/c1-2-22-16-8-7-13(10-15(16)20-21-22)18(23)19-11-14-9-12-5-3-4-6-17(12)24-14/h3-8,10,14H,2,9,11H2,1H3,(H,19,23)/t14-/m1/s1. The summed E-state index contributed by atoms with van der Waals surface area (Å²) in [6, 6.07) is 13.4. The predicted octanol–water partition coefficient (Wildman–Crippen LogP) is 2.18. The summed E-state index contributed by atoms with van der Waals surface area (Å²) in [5.74, 6) is 0.789. The minimum atomic E-state index is -0.123. The fraction of sp³-hybridized carbons (Fsp3) is 0.278. The van der Waals surface area contributed by atoms with Crippen LogP contribution in [0.4, 0.5) is 0 Å². The van der Waals surface area contributed by atoms with E-state index in [2.05, 4.69) is 21.7 Å². The maximum atomic E-state index is 12.4. The van der Waals surface area contributed by atoms with E-state index in [4.69, 9.17) is 4.74 Å². The summed E-state index contributed by atoms with van der Waals surface area (Å²) in [5.41, 5.74) is 3.44. The van der Waals surface area contributed by atoms with Crippen LogP contribution < -0.4 is 10.1 Å². The zero-order chi connectivity index (χ0) is 16.5. The third-order valence-corrected chi connectivity index (χ3v) is 4.28. The first kappa shape index (κ1) is 14.7. The second-order valence-electron chi connectivity index (χ2n) is 5.87. The highest BCUT2D eigenvalue weighted by molar-refractivity contribution is 5.97. The minimum absolute atomic E-state index is 0.0175. The first-order valence-corrected chi connectivity index (χ1v) is 8.10. The van der Waals surface area contributed by atoms with Crippen molar-refractivity contribution in [3.05, 3.63) is 53.6 Å². The van der Waals surface area contributed by atoms with Gasteiger partial charge >= 0.3 is 0 Å². The fourth-order valence-corrected chi connectivity index (χ4v) is 3.02. The van der Waals surface area contributed by atoms with Gasteiger partial charge in [-0.05, 0) is 36.8 Å². The Balaban J connectivity index is 1.42. The summed E-state index contributed by atoms with van der Waals surface area (Å²) in [5, 5.41) is 11.1. The van der Waals surface area contributed by atoms with Crippen molar-refractivity contribution in [2.75, 3.05) is 6.54 Å². The van der Waals surface area contributed by atoms with Crippen molar-refractivity contribution in [3.63, 3.8) is 0 Å². The fourth-order valence-electron chi connectivity index (χ4n) is 3.02. The number of aryl methyl sites for hydroxylation is 1. The number of ether oxygens (including phenoxy) is 1. The van der Waals surface area contributed by atoms with E-state index in [0.717, 1.165) is 29.7 Å². The van der Waals surface area contributed by atoms with Crippen molar-refractivity contribution in [1.82, 2.24) is 20.3 Å². The molecule has 1 N–H and O–H groups in total. The Labute approximate surface area is 139 Å². The van der Waals surface area contributed by atoms with Gasteiger partial charge in [-0.3, -0.25) is 4.79 Å². The molecule has 0 saturated heterocycles. The molecule has 1 atom stereocenters. The van der Waals surface area contributed by atoms with Gasteiger partial charge in [0.25, 0.3) is 5.91 Å². The molecule has 0 bridgehead atoms. The lowest BCUT2D eigenvalue weighted by molar-refractivity contribution is 0.0933. The molecule has 0 aliphatic carbocycles. The normalized spacial score (nSPS) is 16.0. The number of para-hydroxylation sites is 1. The van der Waals surface area contributed by atoms with E-state index >= 15 is 0 Å². The Morgan fingerprint density at radius 3 is 3.04 bits per heavy atom. The van der Waals surface area contributed by atoms with Crippen LogP contribution >= 0.6 is 0 Å². The van der Waals surface area contributed by atoms with Crippen molar-refractivity contribution in [3.8, 4) is 5.75 Å². The van der Waals surface area contributed by atoms with Gasteiger partial charge in [0.05, 0.1) is 12.1 Å². The van der Waals surface area contributed by atoms with Gasteiger partial charge < -0.3 is 10.1 Å². The summed E-state index contributed by atoms with van der Waals surface area (Å²) in [7, 11) is 0.